The van der Waals surface area contributed by atoms with Gasteiger partial charge in [-0.05, 0) is 36.8 Å². The number of hydrogen-bond donors (Lipinski definition) is 1. The normalized spacial score (nSPS) is 23.7. The first-order chi connectivity index (χ1) is 13.0. The predicted octanol–water partition coefficient (Wildman–Crippen LogP) is 2.95. The van der Waals surface area contributed by atoms with E-state index < -0.39 is 11.7 Å². The lowest BCUT2D eigenvalue weighted by atomic mass is 9.82. The van der Waals surface area contributed by atoms with Crippen LogP contribution in [0.2, 0.25) is 0 Å². The van der Waals surface area contributed by atoms with Crippen molar-refractivity contribution >= 4 is 11.6 Å². The first-order valence-electron chi connectivity index (χ1n) is 9.32. The molecule has 2 aromatic heterocycles. The van der Waals surface area contributed by atoms with E-state index >= 15 is 0 Å². The minimum absolute atomic E-state index is 0.265. The standard InChI is InChI=1S/C18H23F3N6/c1-22-17(26-9-12-4-2-3-5-13(12)10-26)23-8-16-25-24-15-7-6-14(11-27(15)16)18(19,20)21/h6-7,11-13H,2-5,8-10H2,1H3,(H,22,23). The highest BCUT2D eigenvalue weighted by molar-refractivity contribution is 5.80. The number of fused-ring (bicyclic) bond motifs is 2. The summed E-state index contributed by atoms with van der Waals surface area (Å²) in [7, 11) is 1.73. The van der Waals surface area contributed by atoms with E-state index in [1.807, 2.05) is 0 Å². The maximum atomic E-state index is 13.0. The van der Waals surface area contributed by atoms with Crippen LogP contribution in [0.3, 0.4) is 0 Å². The van der Waals surface area contributed by atoms with Crippen LogP contribution in [0.5, 0.6) is 0 Å². The van der Waals surface area contributed by atoms with Gasteiger partial charge in [0.2, 0.25) is 0 Å². The number of likely N-dealkylation sites (tertiary alicyclic amines) is 1. The van der Waals surface area contributed by atoms with Gasteiger partial charge in [-0.2, -0.15) is 13.2 Å². The Balaban J connectivity index is 1.47. The van der Waals surface area contributed by atoms with Crippen LogP contribution in [0.25, 0.3) is 5.65 Å². The number of hydrogen-bond acceptors (Lipinski definition) is 3. The van der Waals surface area contributed by atoms with Crippen molar-refractivity contribution in [2.45, 2.75) is 38.4 Å². The molecular formula is C18H23F3N6. The van der Waals surface area contributed by atoms with Crippen molar-refractivity contribution in [3.63, 3.8) is 0 Å². The Kier molecular flexibility index (Phi) is 4.69. The van der Waals surface area contributed by atoms with Gasteiger partial charge in [-0.1, -0.05) is 12.8 Å². The van der Waals surface area contributed by atoms with E-state index in [2.05, 4.69) is 25.4 Å². The third-order valence-electron chi connectivity index (χ3n) is 5.69. The van der Waals surface area contributed by atoms with Crippen LogP contribution in [-0.2, 0) is 12.7 Å². The van der Waals surface area contributed by atoms with Gasteiger partial charge in [-0.15, -0.1) is 10.2 Å². The summed E-state index contributed by atoms with van der Waals surface area (Å²) in [6.45, 7) is 2.24. The second-order valence-corrected chi connectivity index (χ2v) is 7.37. The summed E-state index contributed by atoms with van der Waals surface area (Å²) in [4.78, 5) is 6.61. The summed E-state index contributed by atoms with van der Waals surface area (Å²) in [5.74, 6) is 2.64. The fraction of sp³-hybridized carbons (Fsp3) is 0.611. The predicted molar refractivity (Wildman–Crippen MR) is 95.2 cm³/mol. The molecule has 2 fully saturated rings. The van der Waals surface area contributed by atoms with Gasteiger partial charge in [0.15, 0.2) is 17.4 Å². The van der Waals surface area contributed by atoms with E-state index in [9.17, 15) is 13.2 Å². The zero-order chi connectivity index (χ0) is 19.0. The number of aliphatic imine (C=N–C) groups is 1. The summed E-state index contributed by atoms with van der Waals surface area (Å²) in [5.41, 5.74) is -0.328. The van der Waals surface area contributed by atoms with Crippen molar-refractivity contribution in [1.82, 2.24) is 24.8 Å². The van der Waals surface area contributed by atoms with Crippen LogP contribution in [0.4, 0.5) is 13.2 Å². The largest absolute Gasteiger partial charge is 0.417 e. The first kappa shape index (κ1) is 18.1. The fourth-order valence-electron chi connectivity index (χ4n) is 4.30. The lowest BCUT2D eigenvalue weighted by Crippen LogP contribution is -2.40. The highest BCUT2D eigenvalue weighted by atomic mass is 19.4. The van der Waals surface area contributed by atoms with E-state index in [1.54, 1.807) is 7.05 Å². The SMILES string of the molecule is CN=C(NCc1nnc2ccc(C(F)(F)F)cn12)N1CC2CCCCC2C1. The maximum absolute atomic E-state index is 13.0. The van der Waals surface area contributed by atoms with Crippen LogP contribution < -0.4 is 5.32 Å². The highest BCUT2D eigenvalue weighted by Crippen LogP contribution is 2.36. The average Bonchev–Trinajstić information content (AvgIpc) is 3.25. The second kappa shape index (κ2) is 7.01. The smallest absolute Gasteiger partial charge is 0.349 e. The molecule has 27 heavy (non-hydrogen) atoms. The minimum atomic E-state index is -4.40. The number of alkyl halides is 3. The molecule has 2 aromatic rings. The summed E-state index contributed by atoms with van der Waals surface area (Å²) in [6.07, 6.45) is 1.79. The van der Waals surface area contributed by atoms with Crippen molar-refractivity contribution in [1.29, 1.82) is 0 Å². The topological polar surface area (TPSA) is 57.8 Å². The molecule has 0 aromatic carbocycles. The maximum Gasteiger partial charge on any atom is 0.417 e. The third-order valence-corrected chi connectivity index (χ3v) is 5.69. The van der Waals surface area contributed by atoms with Crippen LogP contribution in [-0.4, -0.2) is 45.6 Å². The first-order valence-corrected chi connectivity index (χ1v) is 9.32. The molecule has 3 heterocycles. The molecule has 0 bridgehead atoms. The van der Waals surface area contributed by atoms with E-state index in [-0.39, 0.29) is 6.54 Å². The van der Waals surface area contributed by atoms with E-state index in [0.717, 1.165) is 43.1 Å². The van der Waals surface area contributed by atoms with Crippen LogP contribution in [0.15, 0.2) is 23.3 Å². The molecule has 6 nitrogen and oxygen atoms in total. The molecule has 0 amide bonds. The quantitative estimate of drug-likeness (QED) is 0.643. The summed E-state index contributed by atoms with van der Waals surface area (Å²) in [5, 5.41) is 11.2. The number of aromatic nitrogens is 3. The van der Waals surface area contributed by atoms with Gasteiger partial charge in [0, 0.05) is 26.3 Å². The third kappa shape index (κ3) is 3.59. The molecule has 1 aliphatic carbocycles. The average molecular weight is 380 g/mol. The Morgan fingerprint density at radius 1 is 1.19 bits per heavy atom. The number of nitrogens with one attached hydrogen (secondary N) is 1. The molecule has 146 valence electrons. The van der Waals surface area contributed by atoms with Gasteiger partial charge in [0.05, 0.1) is 12.1 Å². The Hall–Kier alpha value is -2.32. The number of pyridine rings is 1. The lowest BCUT2D eigenvalue weighted by molar-refractivity contribution is -0.137. The summed E-state index contributed by atoms with van der Waals surface area (Å²) < 4.78 is 40.3. The molecule has 2 unspecified atom stereocenters. The molecule has 1 aliphatic heterocycles. The van der Waals surface area contributed by atoms with E-state index in [4.69, 9.17) is 0 Å². The number of halogens is 3. The van der Waals surface area contributed by atoms with Gasteiger partial charge in [-0.25, -0.2) is 0 Å². The Labute approximate surface area is 155 Å². The van der Waals surface area contributed by atoms with Gasteiger partial charge in [-0.3, -0.25) is 9.39 Å². The van der Waals surface area contributed by atoms with Crippen molar-refractivity contribution in [3.8, 4) is 0 Å². The molecule has 9 heteroatoms. The summed E-state index contributed by atoms with van der Waals surface area (Å²) in [6, 6.07) is 2.35. The van der Waals surface area contributed by atoms with Gasteiger partial charge in [0.1, 0.15) is 0 Å². The minimum Gasteiger partial charge on any atom is -0.349 e. The van der Waals surface area contributed by atoms with Crippen LogP contribution in [0.1, 0.15) is 37.1 Å². The van der Waals surface area contributed by atoms with Crippen LogP contribution >= 0.6 is 0 Å². The molecule has 4 rings (SSSR count). The van der Waals surface area contributed by atoms with Crippen molar-refractivity contribution in [2.75, 3.05) is 20.1 Å². The Morgan fingerprint density at radius 3 is 2.52 bits per heavy atom. The molecule has 0 spiro atoms. The lowest BCUT2D eigenvalue weighted by Gasteiger charge is -2.22. The Bertz CT molecular complexity index is 829. The van der Waals surface area contributed by atoms with Crippen molar-refractivity contribution in [3.05, 3.63) is 29.7 Å². The number of nitrogens with zero attached hydrogens (tertiary/aromatic N) is 5. The van der Waals surface area contributed by atoms with E-state index in [1.165, 1.54) is 36.2 Å². The molecule has 1 saturated heterocycles. The number of rotatable bonds is 2. The zero-order valence-corrected chi connectivity index (χ0v) is 15.2. The highest BCUT2D eigenvalue weighted by Gasteiger charge is 2.35. The van der Waals surface area contributed by atoms with Gasteiger partial charge >= 0.3 is 6.18 Å². The summed E-state index contributed by atoms with van der Waals surface area (Å²) >= 11 is 0. The van der Waals surface area contributed by atoms with Gasteiger partial charge in [0.25, 0.3) is 0 Å². The Morgan fingerprint density at radius 2 is 1.89 bits per heavy atom. The molecule has 1 N–H and O–H groups in total. The van der Waals surface area contributed by atoms with Crippen molar-refractivity contribution in [2.24, 2.45) is 16.8 Å². The monoisotopic (exact) mass is 380 g/mol. The van der Waals surface area contributed by atoms with Gasteiger partial charge < -0.3 is 10.2 Å². The van der Waals surface area contributed by atoms with Crippen molar-refractivity contribution < 1.29 is 13.2 Å². The zero-order valence-electron chi connectivity index (χ0n) is 15.2. The van der Waals surface area contributed by atoms with Crippen LogP contribution in [0, 0.1) is 11.8 Å². The molecule has 0 radical (unpaired) electrons. The molecule has 2 atom stereocenters. The molecule has 2 aliphatic rings. The van der Waals surface area contributed by atoms with E-state index in [0.29, 0.717) is 11.5 Å². The molecule has 1 saturated carbocycles. The fourth-order valence-corrected chi connectivity index (χ4v) is 4.30. The second-order valence-electron chi connectivity index (χ2n) is 7.37. The number of guanidine groups is 1. The molecular weight excluding hydrogens is 357 g/mol.